The van der Waals surface area contributed by atoms with Crippen LogP contribution in [-0.2, 0) is 17.8 Å². The third-order valence-corrected chi connectivity index (χ3v) is 7.74. The van der Waals surface area contributed by atoms with Crippen molar-refractivity contribution in [3.8, 4) is 17.2 Å². The number of amides is 1. The van der Waals surface area contributed by atoms with E-state index < -0.39 is 12.2 Å². The van der Waals surface area contributed by atoms with Gasteiger partial charge in [-0.25, -0.2) is 4.79 Å². The number of hydrogen-bond acceptors (Lipinski definition) is 7. The van der Waals surface area contributed by atoms with E-state index in [0.29, 0.717) is 49.9 Å². The van der Waals surface area contributed by atoms with Crippen LogP contribution < -0.4 is 19.8 Å². The summed E-state index contributed by atoms with van der Waals surface area (Å²) in [5, 5.41) is 0.812. The van der Waals surface area contributed by atoms with Crippen molar-refractivity contribution in [2.45, 2.75) is 71.9 Å². The number of carbonyl (C=O) groups is 1. The molecule has 1 aromatic heterocycles. The Bertz CT molecular complexity index is 1510. The number of aromatic nitrogens is 1. The fourth-order valence-electron chi connectivity index (χ4n) is 5.68. The molecule has 2 aliphatic heterocycles. The summed E-state index contributed by atoms with van der Waals surface area (Å²) in [4.78, 5) is 30.4. The number of fused-ring (bicyclic) bond motifs is 2. The number of hydrogen-bond donors (Lipinski definition) is 0. The van der Waals surface area contributed by atoms with Crippen molar-refractivity contribution in [2.75, 3.05) is 32.8 Å². The highest BCUT2D eigenvalue weighted by Gasteiger charge is 2.31. The molecule has 43 heavy (non-hydrogen) atoms. The van der Waals surface area contributed by atoms with Crippen LogP contribution in [0.25, 0.3) is 10.9 Å². The minimum atomic E-state index is -2.95. The Kier molecular flexibility index (Phi) is 9.10. The largest absolute Gasteiger partial charge is 0.486 e. The average molecular weight is 600 g/mol. The number of pyridine rings is 1. The van der Waals surface area contributed by atoms with Crippen molar-refractivity contribution in [3.05, 3.63) is 63.9 Å². The van der Waals surface area contributed by atoms with Crippen molar-refractivity contribution < 1.29 is 32.5 Å². The number of rotatable bonds is 8. The summed E-state index contributed by atoms with van der Waals surface area (Å²) in [5.41, 5.74) is 1.45. The van der Waals surface area contributed by atoms with Gasteiger partial charge in [0.2, 0.25) is 0 Å². The topological polar surface area (TPSA) is 82.5 Å². The molecule has 0 N–H and O–H groups in total. The lowest BCUT2D eigenvalue weighted by Gasteiger charge is -2.39. The third-order valence-electron chi connectivity index (χ3n) is 7.74. The van der Waals surface area contributed by atoms with Crippen LogP contribution in [0.1, 0.15) is 44.7 Å². The predicted octanol–water partition coefficient (Wildman–Crippen LogP) is 5.58. The van der Waals surface area contributed by atoms with Gasteiger partial charge in [-0.05, 0) is 75.9 Å². The van der Waals surface area contributed by atoms with E-state index in [1.165, 1.54) is 12.1 Å². The van der Waals surface area contributed by atoms with E-state index in [9.17, 15) is 18.4 Å². The van der Waals surface area contributed by atoms with Crippen molar-refractivity contribution >= 4 is 17.0 Å². The van der Waals surface area contributed by atoms with Crippen LogP contribution in [0.4, 0.5) is 13.6 Å². The fourth-order valence-corrected chi connectivity index (χ4v) is 5.68. The maximum atomic E-state index is 13.4. The van der Waals surface area contributed by atoms with E-state index in [0.717, 1.165) is 42.4 Å². The second-order valence-electron chi connectivity index (χ2n) is 12.0. The smallest absolute Gasteiger partial charge is 0.410 e. The molecule has 9 nitrogen and oxygen atoms in total. The molecule has 5 rings (SSSR count). The van der Waals surface area contributed by atoms with E-state index in [-0.39, 0.29) is 23.4 Å². The SMILES string of the molecule is Cc1cc(=O)n(CCN2CCC(N(Cc3ccc4c(c3)OCCO4)C(=O)OC(C)(C)C)CC2)c2cc(OC(F)F)ccc12. The number of benzene rings is 2. The first kappa shape index (κ1) is 30.6. The van der Waals surface area contributed by atoms with Crippen LogP contribution in [-0.4, -0.2) is 71.6 Å². The fraction of sp³-hybridized carbons (Fsp3) is 0.500. The monoisotopic (exact) mass is 599 g/mol. The Labute approximate surface area is 249 Å². The van der Waals surface area contributed by atoms with Crippen LogP contribution >= 0.6 is 0 Å². The Morgan fingerprint density at radius 2 is 1.74 bits per heavy atom. The number of piperidine rings is 1. The van der Waals surface area contributed by atoms with Gasteiger partial charge in [0, 0.05) is 56.3 Å². The molecule has 0 radical (unpaired) electrons. The summed E-state index contributed by atoms with van der Waals surface area (Å²) in [6, 6.07) is 12.0. The molecule has 232 valence electrons. The molecule has 0 saturated carbocycles. The van der Waals surface area contributed by atoms with Crippen molar-refractivity contribution in [3.63, 3.8) is 0 Å². The lowest BCUT2D eigenvalue weighted by Crippen LogP contribution is -2.49. The Morgan fingerprint density at radius 3 is 2.44 bits per heavy atom. The number of ether oxygens (including phenoxy) is 4. The molecule has 1 fully saturated rings. The normalized spacial score (nSPS) is 16.0. The molecule has 0 bridgehead atoms. The van der Waals surface area contributed by atoms with E-state index in [1.807, 2.05) is 45.9 Å². The summed E-state index contributed by atoms with van der Waals surface area (Å²) in [5.74, 6) is 1.39. The van der Waals surface area contributed by atoms with E-state index in [1.54, 1.807) is 21.6 Å². The molecular weight excluding hydrogens is 560 g/mol. The number of alkyl halides is 2. The van der Waals surface area contributed by atoms with Crippen LogP contribution in [0.2, 0.25) is 0 Å². The van der Waals surface area contributed by atoms with Crippen LogP contribution in [0.5, 0.6) is 17.2 Å². The number of halogens is 2. The van der Waals surface area contributed by atoms with Crippen molar-refractivity contribution in [2.24, 2.45) is 0 Å². The van der Waals surface area contributed by atoms with Crippen molar-refractivity contribution in [1.29, 1.82) is 0 Å². The number of aryl methyl sites for hydroxylation is 1. The quantitative estimate of drug-likeness (QED) is 0.334. The van der Waals surface area contributed by atoms with Gasteiger partial charge in [0.05, 0.1) is 5.52 Å². The van der Waals surface area contributed by atoms with Crippen molar-refractivity contribution in [1.82, 2.24) is 14.4 Å². The van der Waals surface area contributed by atoms with Gasteiger partial charge in [-0.2, -0.15) is 8.78 Å². The zero-order chi connectivity index (χ0) is 30.7. The Morgan fingerprint density at radius 1 is 1.02 bits per heavy atom. The summed E-state index contributed by atoms with van der Waals surface area (Å²) < 4.78 is 49.1. The Hall–Kier alpha value is -3.86. The van der Waals surface area contributed by atoms with Gasteiger partial charge in [0.25, 0.3) is 5.56 Å². The average Bonchev–Trinajstić information content (AvgIpc) is 2.94. The highest BCUT2D eigenvalue weighted by molar-refractivity contribution is 5.83. The number of carbonyl (C=O) groups excluding carboxylic acids is 1. The molecule has 2 aliphatic rings. The lowest BCUT2D eigenvalue weighted by molar-refractivity contribution is -0.0497. The molecule has 1 amide bonds. The number of nitrogens with zero attached hydrogens (tertiary/aromatic N) is 3. The highest BCUT2D eigenvalue weighted by atomic mass is 19.3. The molecule has 0 aliphatic carbocycles. The van der Waals surface area contributed by atoms with Crippen LogP contribution in [0.15, 0.2) is 47.3 Å². The van der Waals surface area contributed by atoms with E-state index in [2.05, 4.69) is 9.64 Å². The molecule has 0 atom stereocenters. The summed E-state index contributed by atoms with van der Waals surface area (Å²) in [6.45, 7) is 8.27. The Balaban J connectivity index is 1.27. The first-order valence-corrected chi connectivity index (χ1v) is 14.7. The highest BCUT2D eigenvalue weighted by Crippen LogP contribution is 2.32. The second-order valence-corrected chi connectivity index (χ2v) is 12.0. The first-order chi connectivity index (χ1) is 20.5. The summed E-state index contributed by atoms with van der Waals surface area (Å²) in [6.07, 6.45) is 1.11. The third kappa shape index (κ3) is 7.57. The van der Waals surface area contributed by atoms with E-state index >= 15 is 0 Å². The van der Waals surface area contributed by atoms with Gasteiger partial charge in [0.1, 0.15) is 24.6 Å². The van der Waals surface area contributed by atoms with E-state index in [4.69, 9.17) is 14.2 Å². The molecule has 0 spiro atoms. The molecule has 3 aromatic rings. The standard InChI is InChI=1S/C32H39F2N3O6/c1-21-17-29(38)36(26-19-24(42-30(33)34)6-7-25(21)26)14-13-35-11-9-23(10-12-35)37(31(39)43-32(2,3)4)20-22-5-8-27-28(18-22)41-16-15-40-27/h5-8,17-19,23,30H,9-16,20H2,1-4H3. The lowest BCUT2D eigenvalue weighted by atomic mass is 10.0. The zero-order valence-corrected chi connectivity index (χ0v) is 25.1. The molecule has 0 unspecified atom stereocenters. The van der Waals surface area contributed by atoms with Crippen LogP contribution in [0.3, 0.4) is 0 Å². The maximum Gasteiger partial charge on any atom is 0.410 e. The predicted molar refractivity (Wildman–Crippen MR) is 158 cm³/mol. The second kappa shape index (κ2) is 12.8. The van der Waals surface area contributed by atoms with Gasteiger partial charge < -0.3 is 33.3 Å². The van der Waals surface area contributed by atoms with Gasteiger partial charge in [0.15, 0.2) is 11.5 Å². The minimum absolute atomic E-state index is 0.0160. The summed E-state index contributed by atoms with van der Waals surface area (Å²) in [7, 11) is 0. The minimum Gasteiger partial charge on any atom is -0.486 e. The van der Waals surface area contributed by atoms with Gasteiger partial charge in [-0.15, -0.1) is 0 Å². The first-order valence-electron chi connectivity index (χ1n) is 14.7. The van der Waals surface area contributed by atoms with Gasteiger partial charge in [-0.3, -0.25) is 4.79 Å². The number of likely N-dealkylation sites (tertiary alicyclic amines) is 1. The maximum absolute atomic E-state index is 13.4. The zero-order valence-electron chi connectivity index (χ0n) is 25.1. The molecule has 2 aromatic carbocycles. The molecular formula is C32H39F2N3O6. The van der Waals surface area contributed by atoms with Gasteiger partial charge >= 0.3 is 12.7 Å². The molecule has 1 saturated heterocycles. The summed E-state index contributed by atoms with van der Waals surface area (Å²) >= 11 is 0. The van der Waals surface area contributed by atoms with Gasteiger partial charge in [-0.1, -0.05) is 6.07 Å². The molecule has 3 heterocycles. The molecule has 11 heteroatoms. The van der Waals surface area contributed by atoms with Crippen LogP contribution in [0, 0.1) is 6.92 Å².